The molecule has 3 rings (SSSR count). The van der Waals surface area contributed by atoms with E-state index in [1.807, 2.05) is 0 Å². The summed E-state index contributed by atoms with van der Waals surface area (Å²) in [6.07, 6.45) is 0.888. The normalized spacial score (nSPS) is 21.7. The summed E-state index contributed by atoms with van der Waals surface area (Å²) in [5, 5.41) is 11.9. The molecule has 0 aromatic heterocycles. The van der Waals surface area contributed by atoms with Gasteiger partial charge in [-0.05, 0) is 43.5 Å². The number of rotatable bonds is 10. The smallest absolute Gasteiger partial charge is 0.480 e. The molecule has 2 heterocycles. The molecule has 0 saturated carbocycles. The summed E-state index contributed by atoms with van der Waals surface area (Å²) < 4.78 is 41.7. The predicted molar refractivity (Wildman–Crippen MR) is 130 cm³/mol. The van der Waals surface area contributed by atoms with E-state index in [-0.39, 0.29) is 48.9 Å². The average Bonchev–Trinajstić information content (AvgIpc) is 3.24. The van der Waals surface area contributed by atoms with Crippen LogP contribution >= 0.6 is 19.6 Å². The molecule has 0 aliphatic carbocycles. The van der Waals surface area contributed by atoms with E-state index in [1.165, 1.54) is 40.9 Å². The van der Waals surface area contributed by atoms with Crippen molar-refractivity contribution in [2.24, 2.45) is 0 Å². The summed E-state index contributed by atoms with van der Waals surface area (Å²) in [7, 11) is -8.51. The number of benzene rings is 1. The molecule has 13 nitrogen and oxygen atoms in total. The fourth-order valence-corrected chi connectivity index (χ4v) is 7.12. The molecule has 0 radical (unpaired) electrons. The minimum absolute atomic E-state index is 0.120. The zero-order chi connectivity index (χ0) is 26.5. The first kappa shape index (κ1) is 28.4. The van der Waals surface area contributed by atoms with E-state index >= 15 is 0 Å². The molecule has 2 aliphatic heterocycles. The second kappa shape index (κ2) is 11.9. The summed E-state index contributed by atoms with van der Waals surface area (Å²) in [5.74, 6) is -1.55. The number of carboxylic acids is 1. The summed E-state index contributed by atoms with van der Waals surface area (Å²) in [5.41, 5.74) is 0.159. The topological polar surface area (TPSA) is 191 Å². The summed E-state index contributed by atoms with van der Waals surface area (Å²) in [6, 6.07) is 3.16. The van der Waals surface area contributed by atoms with E-state index in [2.05, 4.69) is 9.84 Å². The first-order chi connectivity index (χ1) is 16.9. The number of nitrogens with one attached hydrogen (secondary N) is 1. The minimum Gasteiger partial charge on any atom is -0.480 e. The van der Waals surface area contributed by atoms with Crippen LogP contribution in [0, 0.1) is 0 Å². The number of phosphoric ester groups is 1. The summed E-state index contributed by atoms with van der Waals surface area (Å²) in [4.78, 5) is 56.2. The third kappa shape index (κ3) is 7.67. The van der Waals surface area contributed by atoms with Gasteiger partial charge < -0.3 is 19.8 Å². The second-order valence-electron chi connectivity index (χ2n) is 8.31. The van der Waals surface area contributed by atoms with Crippen molar-refractivity contribution < 1.29 is 46.8 Å². The molecule has 2 saturated heterocycles. The van der Waals surface area contributed by atoms with Crippen molar-refractivity contribution in [3.05, 3.63) is 29.8 Å². The van der Waals surface area contributed by atoms with Crippen LogP contribution in [0.1, 0.15) is 29.6 Å². The number of carbonyl (C=O) groups excluding carboxylic acids is 2. The van der Waals surface area contributed by atoms with E-state index in [9.17, 15) is 32.5 Å². The first-order valence-electron chi connectivity index (χ1n) is 11.1. The van der Waals surface area contributed by atoms with Crippen molar-refractivity contribution in [3.63, 3.8) is 0 Å². The van der Waals surface area contributed by atoms with Crippen molar-refractivity contribution in [2.75, 3.05) is 36.9 Å². The Morgan fingerprint density at radius 2 is 1.89 bits per heavy atom. The van der Waals surface area contributed by atoms with E-state index in [1.54, 1.807) is 0 Å². The summed E-state index contributed by atoms with van der Waals surface area (Å²) in [6.45, 7) is 0.690. The van der Waals surface area contributed by atoms with Crippen molar-refractivity contribution in [1.82, 2.24) is 14.5 Å². The maximum absolute atomic E-state index is 13.0. The van der Waals surface area contributed by atoms with Gasteiger partial charge in [0, 0.05) is 36.7 Å². The Morgan fingerprint density at radius 1 is 1.19 bits per heavy atom. The van der Waals surface area contributed by atoms with Crippen LogP contribution in [-0.2, 0) is 24.2 Å². The first-order valence-corrected chi connectivity index (χ1v) is 15.4. The van der Waals surface area contributed by atoms with Gasteiger partial charge in [-0.25, -0.2) is 13.0 Å². The van der Waals surface area contributed by atoms with E-state index in [4.69, 9.17) is 9.79 Å². The number of hydrogen-bond donors (Lipinski definition) is 4. The van der Waals surface area contributed by atoms with Crippen LogP contribution in [0.15, 0.2) is 24.3 Å². The van der Waals surface area contributed by atoms with Crippen LogP contribution in [-0.4, -0.2) is 99.3 Å². The van der Waals surface area contributed by atoms with Crippen LogP contribution in [0.2, 0.25) is 0 Å². The van der Waals surface area contributed by atoms with Gasteiger partial charge in [-0.1, -0.05) is 0 Å². The number of carbonyl (C=O) groups is 3. The fraction of sp³-hybridized carbons (Fsp3) is 0.550. The SMILES string of the molecule is O=C(N[C@H]1CSCCN(CCCS(=O)(=O)N2CCCC2C(=O)O)C1=O)c1ccc(OP(=O)(O)O)cc1. The number of amides is 2. The van der Waals surface area contributed by atoms with Gasteiger partial charge in [0.05, 0.1) is 5.75 Å². The maximum Gasteiger partial charge on any atom is 0.524 e. The lowest BCUT2D eigenvalue weighted by atomic mass is 10.2. The highest BCUT2D eigenvalue weighted by Crippen LogP contribution is 2.37. The second-order valence-corrected chi connectivity index (χ2v) is 12.7. The molecule has 1 aromatic rings. The van der Waals surface area contributed by atoms with Gasteiger partial charge in [0.2, 0.25) is 15.9 Å². The Bertz CT molecular complexity index is 1130. The molecule has 200 valence electrons. The highest BCUT2D eigenvalue weighted by Gasteiger charge is 2.38. The Labute approximate surface area is 212 Å². The highest BCUT2D eigenvalue weighted by molar-refractivity contribution is 7.99. The number of sulfonamides is 1. The fourth-order valence-electron chi connectivity index (χ4n) is 4.02. The number of nitrogens with zero attached hydrogens (tertiary/aromatic N) is 2. The molecular formula is C20H28N3O10PS2. The van der Waals surface area contributed by atoms with Crippen molar-refractivity contribution >= 4 is 47.4 Å². The quantitative estimate of drug-likeness (QED) is 0.281. The minimum atomic E-state index is -4.73. The van der Waals surface area contributed by atoms with Gasteiger partial charge in [-0.2, -0.15) is 16.1 Å². The molecule has 0 spiro atoms. The molecule has 2 amide bonds. The molecule has 2 atom stereocenters. The lowest BCUT2D eigenvalue weighted by Crippen LogP contribution is -2.49. The molecule has 1 unspecified atom stereocenters. The van der Waals surface area contributed by atoms with Gasteiger partial charge >= 0.3 is 13.8 Å². The Morgan fingerprint density at radius 3 is 2.53 bits per heavy atom. The molecule has 2 aliphatic rings. The van der Waals surface area contributed by atoms with Crippen LogP contribution in [0.25, 0.3) is 0 Å². The number of thioether (sulfide) groups is 1. The lowest BCUT2D eigenvalue weighted by molar-refractivity contribution is -0.140. The molecule has 36 heavy (non-hydrogen) atoms. The zero-order valence-electron chi connectivity index (χ0n) is 19.2. The standard InChI is InChI=1S/C20H28N3O10PS2/c24-18(14-4-6-15(7-5-14)33-34(28,29)30)21-16-13-35-11-10-22(19(16)25)8-2-12-36(31,32)23-9-1-3-17(23)20(26)27/h4-7,16-17H,1-3,8-13H2,(H,21,24)(H,26,27)(H2,28,29,30)/t16-,17?/m0/s1. The van der Waals surface area contributed by atoms with Crippen molar-refractivity contribution in [1.29, 1.82) is 0 Å². The number of carboxylic acid groups (broad SMARTS) is 1. The van der Waals surface area contributed by atoms with E-state index < -0.39 is 41.8 Å². The van der Waals surface area contributed by atoms with Gasteiger partial charge in [0.25, 0.3) is 5.91 Å². The third-order valence-electron chi connectivity index (χ3n) is 5.72. The molecular weight excluding hydrogens is 537 g/mol. The molecule has 2 fully saturated rings. The summed E-state index contributed by atoms with van der Waals surface area (Å²) >= 11 is 1.46. The molecule has 1 aromatic carbocycles. The molecule has 16 heteroatoms. The largest absolute Gasteiger partial charge is 0.524 e. The Balaban J connectivity index is 1.56. The molecule has 4 N–H and O–H groups in total. The van der Waals surface area contributed by atoms with E-state index in [0.717, 1.165) is 4.31 Å². The van der Waals surface area contributed by atoms with Gasteiger partial charge in [0.15, 0.2) is 0 Å². The number of phosphoric acid groups is 1. The van der Waals surface area contributed by atoms with Gasteiger partial charge in [-0.15, -0.1) is 0 Å². The van der Waals surface area contributed by atoms with Crippen LogP contribution < -0.4 is 9.84 Å². The zero-order valence-corrected chi connectivity index (χ0v) is 21.7. The van der Waals surface area contributed by atoms with Crippen molar-refractivity contribution in [3.8, 4) is 5.75 Å². The van der Waals surface area contributed by atoms with E-state index in [0.29, 0.717) is 24.5 Å². The number of aliphatic carboxylic acids is 1. The highest BCUT2D eigenvalue weighted by atomic mass is 32.2. The van der Waals surface area contributed by atoms with Crippen LogP contribution in [0.4, 0.5) is 0 Å². The van der Waals surface area contributed by atoms with Gasteiger partial charge in [-0.3, -0.25) is 24.2 Å². The Kier molecular flexibility index (Phi) is 9.41. The maximum atomic E-state index is 13.0. The van der Waals surface area contributed by atoms with Gasteiger partial charge in [0.1, 0.15) is 17.8 Å². The number of hydrogen-bond acceptors (Lipinski definition) is 8. The molecule has 0 bridgehead atoms. The predicted octanol–water partition coefficient (Wildman–Crippen LogP) is 0.101. The van der Waals surface area contributed by atoms with Crippen molar-refractivity contribution in [2.45, 2.75) is 31.3 Å². The monoisotopic (exact) mass is 565 g/mol. The Hall–Kier alpha value is -2.16. The lowest BCUT2D eigenvalue weighted by Gasteiger charge is -2.25. The van der Waals surface area contributed by atoms with Crippen LogP contribution in [0.3, 0.4) is 0 Å². The average molecular weight is 566 g/mol. The van der Waals surface area contributed by atoms with Crippen LogP contribution in [0.5, 0.6) is 5.75 Å². The third-order valence-corrected chi connectivity index (χ3v) is 9.17.